The van der Waals surface area contributed by atoms with E-state index < -0.39 is 5.60 Å². The van der Waals surface area contributed by atoms with Gasteiger partial charge in [-0.05, 0) is 59.8 Å². The minimum atomic E-state index is -0.469. The number of amides is 1. The van der Waals surface area contributed by atoms with E-state index in [1.165, 1.54) is 0 Å². The van der Waals surface area contributed by atoms with Gasteiger partial charge in [0, 0.05) is 18.6 Å². The first-order valence-corrected chi connectivity index (χ1v) is 8.99. The van der Waals surface area contributed by atoms with E-state index in [4.69, 9.17) is 4.74 Å². The van der Waals surface area contributed by atoms with Crippen LogP contribution in [0.5, 0.6) is 0 Å². The molecule has 24 heavy (non-hydrogen) atoms. The average molecular weight is 335 g/mol. The number of nitrogens with zero attached hydrogens (tertiary/aromatic N) is 3. The normalized spacial score (nSPS) is 26.9. The number of hydrogen-bond acceptors (Lipinski definition) is 5. The van der Waals surface area contributed by atoms with Gasteiger partial charge in [-0.25, -0.2) is 14.5 Å². The molecule has 0 radical (unpaired) electrons. The molecule has 1 amide bonds. The maximum atomic E-state index is 12.1. The van der Waals surface area contributed by atoms with Crippen LogP contribution in [0.1, 0.15) is 70.6 Å². The highest BCUT2D eigenvalue weighted by Crippen LogP contribution is 2.28. The second-order valence-corrected chi connectivity index (χ2v) is 7.89. The molecule has 7 nitrogen and oxygen atoms in total. The Balaban J connectivity index is 1.61. The zero-order chi connectivity index (χ0) is 17.3. The van der Waals surface area contributed by atoms with Crippen LogP contribution in [-0.4, -0.2) is 38.5 Å². The highest BCUT2D eigenvalue weighted by atomic mass is 16.6. The van der Waals surface area contributed by atoms with Crippen molar-refractivity contribution >= 4 is 6.09 Å². The molecule has 1 aromatic rings. The third-order valence-electron chi connectivity index (χ3n) is 4.61. The van der Waals surface area contributed by atoms with Crippen LogP contribution in [0.25, 0.3) is 0 Å². The van der Waals surface area contributed by atoms with Crippen LogP contribution in [-0.2, 0) is 11.3 Å². The molecule has 1 aromatic heterocycles. The summed E-state index contributed by atoms with van der Waals surface area (Å²) in [6.07, 6.45) is 4.98. The molecule has 0 aromatic carbocycles. The summed E-state index contributed by atoms with van der Waals surface area (Å²) in [5, 5.41) is 11.2. The third-order valence-corrected chi connectivity index (χ3v) is 4.61. The summed E-state index contributed by atoms with van der Waals surface area (Å²) in [6, 6.07) is 0.580. The van der Waals surface area contributed by atoms with E-state index in [0.29, 0.717) is 0 Å². The summed E-state index contributed by atoms with van der Waals surface area (Å²) in [5.74, 6) is 1.86. The molecule has 1 aliphatic carbocycles. The Kier molecular flexibility index (Phi) is 4.80. The lowest BCUT2D eigenvalue weighted by Gasteiger charge is -2.30. The van der Waals surface area contributed by atoms with Crippen molar-refractivity contribution in [1.82, 2.24) is 25.4 Å². The molecule has 1 aliphatic heterocycles. The second kappa shape index (κ2) is 6.70. The SMILES string of the molecule is Cc1nc2n(n1)CCC[C@@H]2N[C@@H]1CCC[C@H]1NC(=O)OC(C)(C)C. The van der Waals surface area contributed by atoms with Gasteiger partial charge in [0.05, 0.1) is 6.04 Å². The quantitative estimate of drug-likeness (QED) is 0.887. The van der Waals surface area contributed by atoms with Gasteiger partial charge >= 0.3 is 6.09 Å². The molecule has 0 unspecified atom stereocenters. The lowest BCUT2D eigenvalue weighted by Crippen LogP contribution is -2.49. The van der Waals surface area contributed by atoms with E-state index in [0.717, 1.165) is 50.3 Å². The molecule has 7 heteroatoms. The predicted molar refractivity (Wildman–Crippen MR) is 90.7 cm³/mol. The number of aromatic nitrogens is 3. The number of carbonyl (C=O) groups is 1. The molecule has 1 saturated carbocycles. The average Bonchev–Trinajstić information content (AvgIpc) is 3.03. The predicted octanol–water partition coefficient (Wildman–Crippen LogP) is 2.46. The highest BCUT2D eigenvalue weighted by Gasteiger charge is 2.34. The van der Waals surface area contributed by atoms with E-state index in [1.807, 2.05) is 32.4 Å². The number of carbonyl (C=O) groups excluding carboxylic acids is 1. The van der Waals surface area contributed by atoms with E-state index in [2.05, 4.69) is 20.7 Å². The number of aryl methyl sites for hydroxylation is 2. The fraction of sp³-hybridized carbons (Fsp3) is 0.824. The van der Waals surface area contributed by atoms with Gasteiger partial charge in [0.15, 0.2) is 0 Å². The Labute approximate surface area is 143 Å². The molecule has 2 N–H and O–H groups in total. The first-order chi connectivity index (χ1) is 11.3. The first kappa shape index (κ1) is 17.2. The standard InChI is InChI=1S/C17H29N5O2/c1-11-18-15-14(9-6-10-22(15)21-11)19-12-7-5-8-13(12)20-16(23)24-17(2,3)4/h12-14,19H,5-10H2,1-4H3,(H,20,23)/t12-,13-,14+/m1/s1. The smallest absolute Gasteiger partial charge is 0.407 e. The topological polar surface area (TPSA) is 81.1 Å². The monoisotopic (exact) mass is 335 g/mol. The van der Waals surface area contributed by atoms with Crippen LogP contribution < -0.4 is 10.6 Å². The van der Waals surface area contributed by atoms with Crippen LogP contribution in [0, 0.1) is 6.92 Å². The van der Waals surface area contributed by atoms with Crippen LogP contribution in [0.3, 0.4) is 0 Å². The number of alkyl carbamates (subject to hydrolysis) is 1. The van der Waals surface area contributed by atoms with Gasteiger partial charge < -0.3 is 15.4 Å². The number of nitrogens with one attached hydrogen (secondary N) is 2. The van der Waals surface area contributed by atoms with Crippen molar-refractivity contribution in [3.63, 3.8) is 0 Å². The minimum absolute atomic E-state index is 0.110. The summed E-state index contributed by atoms with van der Waals surface area (Å²) >= 11 is 0. The maximum Gasteiger partial charge on any atom is 0.407 e. The van der Waals surface area contributed by atoms with E-state index in [1.54, 1.807) is 0 Å². The van der Waals surface area contributed by atoms with Crippen molar-refractivity contribution in [2.45, 2.75) is 90.1 Å². The molecule has 0 saturated heterocycles. The van der Waals surface area contributed by atoms with Crippen LogP contribution >= 0.6 is 0 Å². The molecule has 1 fully saturated rings. The van der Waals surface area contributed by atoms with Gasteiger partial charge in [-0.2, -0.15) is 5.10 Å². The fourth-order valence-corrected chi connectivity index (χ4v) is 3.68. The van der Waals surface area contributed by atoms with Crippen LogP contribution in [0.4, 0.5) is 4.79 Å². The van der Waals surface area contributed by atoms with Gasteiger partial charge in [-0.15, -0.1) is 0 Å². The summed E-state index contributed by atoms with van der Waals surface area (Å²) in [6.45, 7) is 8.53. The van der Waals surface area contributed by atoms with Crippen molar-refractivity contribution in [2.24, 2.45) is 0 Å². The van der Waals surface area contributed by atoms with E-state index in [-0.39, 0.29) is 24.2 Å². The Morgan fingerprint density at radius 3 is 2.71 bits per heavy atom. The number of rotatable bonds is 3. The molecular weight excluding hydrogens is 306 g/mol. The molecule has 2 aliphatic rings. The van der Waals surface area contributed by atoms with Gasteiger partial charge in [0.1, 0.15) is 17.2 Å². The van der Waals surface area contributed by atoms with Crippen molar-refractivity contribution < 1.29 is 9.53 Å². The van der Waals surface area contributed by atoms with E-state index >= 15 is 0 Å². The molecule has 134 valence electrons. The summed E-state index contributed by atoms with van der Waals surface area (Å²) in [7, 11) is 0. The van der Waals surface area contributed by atoms with E-state index in [9.17, 15) is 4.79 Å². The molecular formula is C17H29N5O2. The molecule has 2 heterocycles. The van der Waals surface area contributed by atoms with Gasteiger partial charge in [0.25, 0.3) is 0 Å². The Bertz CT molecular complexity index is 592. The lowest BCUT2D eigenvalue weighted by molar-refractivity contribution is 0.0496. The van der Waals surface area contributed by atoms with Gasteiger partial charge in [-0.1, -0.05) is 0 Å². The summed E-state index contributed by atoms with van der Waals surface area (Å²) in [4.78, 5) is 16.7. The first-order valence-electron chi connectivity index (χ1n) is 8.99. The van der Waals surface area contributed by atoms with Crippen molar-refractivity contribution in [3.8, 4) is 0 Å². The van der Waals surface area contributed by atoms with Crippen molar-refractivity contribution in [2.75, 3.05) is 0 Å². The largest absolute Gasteiger partial charge is 0.444 e. The van der Waals surface area contributed by atoms with Crippen LogP contribution in [0.2, 0.25) is 0 Å². The van der Waals surface area contributed by atoms with Crippen molar-refractivity contribution in [1.29, 1.82) is 0 Å². The van der Waals surface area contributed by atoms with Gasteiger partial charge in [0.2, 0.25) is 0 Å². The molecule has 0 spiro atoms. The summed E-state index contributed by atoms with van der Waals surface area (Å²) < 4.78 is 7.41. The second-order valence-electron chi connectivity index (χ2n) is 7.89. The number of hydrogen-bond donors (Lipinski definition) is 2. The molecule has 3 atom stereocenters. The van der Waals surface area contributed by atoms with Crippen LogP contribution in [0.15, 0.2) is 0 Å². The Morgan fingerprint density at radius 1 is 1.21 bits per heavy atom. The Morgan fingerprint density at radius 2 is 1.96 bits per heavy atom. The number of ether oxygens (including phenoxy) is 1. The fourth-order valence-electron chi connectivity index (χ4n) is 3.68. The van der Waals surface area contributed by atoms with Crippen molar-refractivity contribution in [3.05, 3.63) is 11.6 Å². The molecule has 0 bridgehead atoms. The highest BCUT2D eigenvalue weighted by molar-refractivity contribution is 5.68. The van der Waals surface area contributed by atoms with Gasteiger partial charge in [-0.3, -0.25) is 0 Å². The summed E-state index contributed by atoms with van der Waals surface area (Å²) in [5.41, 5.74) is -0.469. The number of fused-ring (bicyclic) bond motifs is 1. The lowest BCUT2D eigenvalue weighted by atomic mass is 10.0. The minimum Gasteiger partial charge on any atom is -0.444 e. The third kappa shape index (κ3) is 4.06. The maximum absolute atomic E-state index is 12.1. The molecule has 3 rings (SSSR count). The zero-order valence-electron chi connectivity index (χ0n) is 15.1. The Hall–Kier alpha value is -1.63. The zero-order valence-corrected chi connectivity index (χ0v) is 15.1.